The lowest BCUT2D eigenvalue weighted by molar-refractivity contribution is 0.296. The van der Waals surface area contributed by atoms with Crippen LogP contribution in [0.25, 0.3) is 0 Å². The van der Waals surface area contributed by atoms with Gasteiger partial charge in [-0.05, 0) is 30.2 Å². The van der Waals surface area contributed by atoms with Crippen molar-refractivity contribution in [1.82, 2.24) is 10.2 Å². The Morgan fingerprint density at radius 1 is 1.04 bits per heavy atom. The fraction of sp³-hybridized carbons (Fsp3) is 0.429. The number of benzene rings is 2. The number of hydrogen-bond acceptors (Lipinski definition) is 4. The first-order valence-electron chi connectivity index (χ1n) is 9.11. The van der Waals surface area contributed by atoms with Crippen LogP contribution < -0.4 is 10.1 Å². The summed E-state index contributed by atoms with van der Waals surface area (Å²) in [4.78, 5) is 2.55. The summed E-state index contributed by atoms with van der Waals surface area (Å²) < 4.78 is 5.86. The van der Waals surface area contributed by atoms with Gasteiger partial charge in [-0.3, -0.25) is 0 Å². The third-order valence-electron chi connectivity index (χ3n) is 4.61. The molecule has 4 heteroatoms. The molecule has 1 aliphatic rings. The van der Waals surface area contributed by atoms with Gasteiger partial charge in [0.25, 0.3) is 0 Å². The fourth-order valence-corrected chi connectivity index (χ4v) is 3.95. The largest absolute Gasteiger partial charge is 0.489 e. The van der Waals surface area contributed by atoms with Crippen LogP contribution >= 0.6 is 11.8 Å². The maximum absolute atomic E-state index is 5.86. The Hall–Kier alpha value is -1.49. The number of rotatable bonds is 8. The van der Waals surface area contributed by atoms with Crippen molar-refractivity contribution in [2.75, 3.05) is 37.7 Å². The average molecular weight is 357 g/mol. The Morgan fingerprint density at radius 3 is 2.48 bits per heavy atom. The van der Waals surface area contributed by atoms with E-state index in [9.17, 15) is 0 Å². The second-order valence-corrected chi connectivity index (χ2v) is 7.70. The van der Waals surface area contributed by atoms with E-state index in [4.69, 9.17) is 4.74 Å². The molecular formula is C21H28N2OS. The van der Waals surface area contributed by atoms with E-state index in [0.29, 0.717) is 12.6 Å². The predicted molar refractivity (Wildman–Crippen MR) is 107 cm³/mol. The SMILES string of the molecule is CC(NCCN1CCSCC1)c1ccc(OCc2ccccc2)cc1. The second kappa shape index (κ2) is 9.85. The van der Waals surface area contributed by atoms with Gasteiger partial charge < -0.3 is 15.0 Å². The van der Waals surface area contributed by atoms with Crippen LogP contribution in [0.3, 0.4) is 0 Å². The average Bonchev–Trinajstić information content (AvgIpc) is 2.68. The van der Waals surface area contributed by atoms with E-state index in [0.717, 1.165) is 18.8 Å². The molecule has 1 unspecified atom stereocenters. The van der Waals surface area contributed by atoms with Crippen molar-refractivity contribution in [1.29, 1.82) is 0 Å². The summed E-state index contributed by atoms with van der Waals surface area (Å²) in [7, 11) is 0. The molecular weight excluding hydrogens is 328 g/mol. The molecule has 1 aliphatic heterocycles. The summed E-state index contributed by atoms with van der Waals surface area (Å²) in [5.74, 6) is 3.48. The number of hydrogen-bond donors (Lipinski definition) is 1. The molecule has 0 spiro atoms. The first-order valence-corrected chi connectivity index (χ1v) is 10.3. The van der Waals surface area contributed by atoms with E-state index in [2.05, 4.69) is 65.3 Å². The molecule has 0 saturated carbocycles. The molecule has 0 aliphatic carbocycles. The zero-order chi connectivity index (χ0) is 17.3. The van der Waals surface area contributed by atoms with Gasteiger partial charge in [-0.2, -0.15) is 11.8 Å². The molecule has 1 heterocycles. The van der Waals surface area contributed by atoms with E-state index < -0.39 is 0 Å². The number of nitrogens with zero attached hydrogens (tertiary/aromatic N) is 1. The van der Waals surface area contributed by atoms with Crippen molar-refractivity contribution in [2.45, 2.75) is 19.6 Å². The zero-order valence-corrected chi connectivity index (χ0v) is 15.8. The van der Waals surface area contributed by atoms with E-state index >= 15 is 0 Å². The Labute approximate surface area is 155 Å². The second-order valence-electron chi connectivity index (χ2n) is 6.47. The molecule has 0 bridgehead atoms. The maximum atomic E-state index is 5.86. The van der Waals surface area contributed by atoms with E-state index in [1.54, 1.807) is 0 Å². The summed E-state index contributed by atoms with van der Waals surface area (Å²) >= 11 is 2.07. The van der Waals surface area contributed by atoms with Gasteiger partial charge in [-0.1, -0.05) is 42.5 Å². The topological polar surface area (TPSA) is 24.5 Å². The molecule has 2 aromatic rings. The number of nitrogens with one attached hydrogen (secondary N) is 1. The summed E-state index contributed by atoms with van der Waals surface area (Å²) in [5, 5.41) is 3.63. The smallest absolute Gasteiger partial charge is 0.119 e. The lowest BCUT2D eigenvalue weighted by Gasteiger charge is -2.26. The van der Waals surface area contributed by atoms with E-state index in [-0.39, 0.29) is 0 Å². The van der Waals surface area contributed by atoms with Gasteiger partial charge in [0.15, 0.2) is 0 Å². The monoisotopic (exact) mass is 356 g/mol. The molecule has 134 valence electrons. The number of thioether (sulfide) groups is 1. The molecule has 25 heavy (non-hydrogen) atoms. The van der Waals surface area contributed by atoms with Gasteiger partial charge in [0.05, 0.1) is 0 Å². The molecule has 0 amide bonds. The van der Waals surface area contributed by atoms with E-state index in [1.807, 2.05) is 18.2 Å². The summed E-state index contributed by atoms with van der Waals surface area (Å²) in [6.45, 7) is 7.48. The molecule has 1 atom stereocenters. The van der Waals surface area contributed by atoms with Crippen LogP contribution in [0.5, 0.6) is 5.75 Å². The van der Waals surface area contributed by atoms with E-state index in [1.165, 1.54) is 35.7 Å². The van der Waals surface area contributed by atoms with Crippen LogP contribution in [0, 0.1) is 0 Å². The van der Waals surface area contributed by atoms with Crippen molar-refractivity contribution in [3.8, 4) is 5.75 Å². The van der Waals surface area contributed by atoms with Crippen molar-refractivity contribution in [2.24, 2.45) is 0 Å². The molecule has 0 aromatic heterocycles. The molecule has 2 aromatic carbocycles. The molecule has 1 fully saturated rings. The Balaban J connectivity index is 1.41. The fourth-order valence-electron chi connectivity index (χ4n) is 2.98. The summed E-state index contributed by atoms with van der Waals surface area (Å²) in [6.07, 6.45) is 0. The highest BCUT2D eigenvalue weighted by Crippen LogP contribution is 2.18. The minimum Gasteiger partial charge on any atom is -0.489 e. The standard InChI is InChI=1S/C21H28N2OS/c1-18(22-11-12-23-13-15-25-16-14-23)20-7-9-21(10-8-20)24-17-19-5-3-2-4-6-19/h2-10,18,22H,11-17H2,1H3. The van der Waals surface area contributed by atoms with Crippen molar-refractivity contribution < 1.29 is 4.74 Å². The van der Waals surface area contributed by atoms with Crippen LogP contribution in [0.4, 0.5) is 0 Å². The first-order chi connectivity index (χ1) is 12.3. The lowest BCUT2D eigenvalue weighted by Crippen LogP contribution is -2.38. The predicted octanol–water partition coefficient (Wildman–Crippen LogP) is 3.97. The van der Waals surface area contributed by atoms with Crippen molar-refractivity contribution in [3.05, 3.63) is 65.7 Å². The molecule has 1 saturated heterocycles. The Kier molecular flexibility index (Phi) is 7.22. The van der Waals surface area contributed by atoms with Gasteiger partial charge in [-0.25, -0.2) is 0 Å². The van der Waals surface area contributed by atoms with Gasteiger partial charge in [0.2, 0.25) is 0 Å². The highest BCUT2D eigenvalue weighted by molar-refractivity contribution is 7.99. The van der Waals surface area contributed by atoms with Crippen LogP contribution in [0.15, 0.2) is 54.6 Å². The molecule has 0 radical (unpaired) electrons. The van der Waals surface area contributed by atoms with Crippen LogP contribution in [-0.2, 0) is 6.61 Å². The minimum atomic E-state index is 0.363. The Morgan fingerprint density at radius 2 is 1.76 bits per heavy atom. The molecule has 3 rings (SSSR count). The third kappa shape index (κ3) is 6.07. The Bertz CT molecular complexity index is 612. The van der Waals surface area contributed by atoms with Gasteiger partial charge in [0, 0.05) is 43.7 Å². The van der Waals surface area contributed by atoms with Gasteiger partial charge in [-0.15, -0.1) is 0 Å². The van der Waals surface area contributed by atoms with Crippen LogP contribution in [0.2, 0.25) is 0 Å². The normalized spacial score (nSPS) is 16.5. The first kappa shape index (κ1) is 18.3. The number of ether oxygens (including phenoxy) is 1. The van der Waals surface area contributed by atoms with Crippen molar-refractivity contribution in [3.63, 3.8) is 0 Å². The molecule has 3 nitrogen and oxygen atoms in total. The van der Waals surface area contributed by atoms with Gasteiger partial charge >= 0.3 is 0 Å². The van der Waals surface area contributed by atoms with Crippen LogP contribution in [-0.4, -0.2) is 42.6 Å². The highest BCUT2D eigenvalue weighted by Gasteiger charge is 2.10. The van der Waals surface area contributed by atoms with Crippen molar-refractivity contribution >= 4 is 11.8 Å². The minimum absolute atomic E-state index is 0.363. The zero-order valence-electron chi connectivity index (χ0n) is 15.0. The maximum Gasteiger partial charge on any atom is 0.119 e. The highest BCUT2D eigenvalue weighted by atomic mass is 32.2. The summed E-state index contributed by atoms with van der Waals surface area (Å²) in [5.41, 5.74) is 2.50. The van der Waals surface area contributed by atoms with Gasteiger partial charge in [0.1, 0.15) is 12.4 Å². The summed E-state index contributed by atoms with van der Waals surface area (Å²) in [6, 6.07) is 19.1. The van der Waals surface area contributed by atoms with Crippen LogP contribution in [0.1, 0.15) is 24.1 Å². The lowest BCUT2D eigenvalue weighted by atomic mass is 10.1. The third-order valence-corrected chi connectivity index (χ3v) is 5.55. The molecule has 1 N–H and O–H groups in total. The quantitative estimate of drug-likeness (QED) is 0.774.